The average molecular weight is 575 g/mol. The van der Waals surface area contributed by atoms with E-state index in [0.717, 1.165) is 22.9 Å². The van der Waals surface area contributed by atoms with Crippen LogP contribution in [0.15, 0.2) is 54.6 Å². The first-order valence-electron chi connectivity index (χ1n) is 14.5. The van der Waals surface area contributed by atoms with Crippen molar-refractivity contribution in [2.45, 2.75) is 51.3 Å². The van der Waals surface area contributed by atoms with Crippen LogP contribution in [0.3, 0.4) is 0 Å². The number of benzene rings is 2. The number of ether oxygens (including phenoxy) is 2. The molecule has 222 valence electrons. The maximum absolute atomic E-state index is 13.7. The minimum Gasteiger partial charge on any atom is -0.496 e. The number of methoxy groups -OCH3 is 1. The number of piperidine rings is 1. The molecule has 0 radical (unpaired) electrons. The van der Waals surface area contributed by atoms with Crippen molar-refractivity contribution >= 4 is 34.4 Å². The van der Waals surface area contributed by atoms with Crippen molar-refractivity contribution in [1.82, 2.24) is 20.5 Å². The third-order valence-electron chi connectivity index (χ3n) is 8.13. The fourth-order valence-electron chi connectivity index (χ4n) is 5.92. The van der Waals surface area contributed by atoms with Gasteiger partial charge in [-0.05, 0) is 55.4 Å². The van der Waals surface area contributed by atoms with Gasteiger partial charge in [-0.25, -0.2) is 0 Å². The van der Waals surface area contributed by atoms with Gasteiger partial charge in [0, 0.05) is 29.9 Å². The average Bonchev–Trinajstić information content (AvgIpc) is 3.62. The number of likely N-dealkylation sites (tertiary alicyclic amines) is 1. The van der Waals surface area contributed by atoms with Crippen molar-refractivity contribution in [3.63, 3.8) is 0 Å². The molecule has 1 aromatic heterocycles. The van der Waals surface area contributed by atoms with Crippen molar-refractivity contribution in [3.05, 3.63) is 65.9 Å². The molecule has 42 heavy (non-hydrogen) atoms. The molecule has 0 unspecified atom stereocenters. The summed E-state index contributed by atoms with van der Waals surface area (Å²) < 4.78 is 11.1. The molecule has 2 aromatic carbocycles. The van der Waals surface area contributed by atoms with E-state index < -0.39 is 18.0 Å². The predicted octanol–water partition coefficient (Wildman–Crippen LogP) is 3.21. The molecule has 3 heterocycles. The third kappa shape index (κ3) is 6.65. The summed E-state index contributed by atoms with van der Waals surface area (Å²) in [5, 5.41) is 6.54. The molecule has 2 fully saturated rings. The smallest absolute Gasteiger partial charge is 0.270 e. The lowest BCUT2D eigenvalue weighted by atomic mass is 9.90. The van der Waals surface area contributed by atoms with Gasteiger partial charge >= 0.3 is 0 Å². The maximum atomic E-state index is 13.7. The zero-order valence-corrected chi connectivity index (χ0v) is 24.1. The number of hydrogen-bond acceptors (Lipinski definition) is 6. The number of hydrogen-bond donors (Lipinski definition) is 3. The number of amides is 3. The number of H-pyrrole nitrogens is 1. The number of carbonyl (C=O) groups is 4. The van der Waals surface area contributed by atoms with E-state index in [9.17, 15) is 19.2 Å². The Bertz CT molecular complexity index is 1440. The first-order chi connectivity index (χ1) is 20.3. The van der Waals surface area contributed by atoms with Gasteiger partial charge in [-0.15, -0.1) is 0 Å². The zero-order valence-electron chi connectivity index (χ0n) is 24.1. The molecule has 5 rings (SSSR count). The topological polar surface area (TPSA) is 130 Å². The van der Waals surface area contributed by atoms with Crippen molar-refractivity contribution < 1.29 is 28.7 Å². The van der Waals surface area contributed by atoms with Gasteiger partial charge in [0.15, 0.2) is 5.78 Å². The number of carbonyl (C=O) groups excluding carboxylic acids is 4. The van der Waals surface area contributed by atoms with Crippen LogP contribution < -0.4 is 15.4 Å². The van der Waals surface area contributed by atoms with Crippen LogP contribution in [0.4, 0.5) is 0 Å². The lowest BCUT2D eigenvalue weighted by Gasteiger charge is -2.29. The molecule has 0 aliphatic carbocycles. The molecule has 3 N–H and O–H groups in total. The highest BCUT2D eigenvalue weighted by Crippen LogP contribution is 2.30. The summed E-state index contributed by atoms with van der Waals surface area (Å²) in [7, 11) is 1.58. The van der Waals surface area contributed by atoms with Crippen LogP contribution in [-0.2, 0) is 25.7 Å². The first kappa shape index (κ1) is 29.3. The number of fused-ring (bicyclic) bond motifs is 1. The molecular weight excluding hydrogens is 536 g/mol. The first-order valence-corrected chi connectivity index (χ1v) is 14.5. The quantitative estimate of drug-likeness (QED) is 0.323. The molecule has 3 amide bonds. The molecule has 0 spiro atoms. The second kappa shape index (κ2) is 13.2. The van der Waals surface area contributed by atoms with E-state index >= 15 is 0 Å². The van der Waals surface area contributed by atoms with Gasteiger partial charge in [-0.1, -0.05) is 43.3 Å². The van der Waals surface area contributed by atoms with Gasteiger partial charge in [0.25, 0.3) is 5.91 Å². The van der Waals surface area contributed by atoms with Gasteiger partial charge < -0.3 is 30.0 Å². The van der Waals surface area contributed by atoms with Gasteiger partial charge in [0.1, 0.15) is 24.1 Å². The summed E-state index contributed by atoms with van der Waals surface area (Å²) in [6.07, 6.45) is 2.11. The van der Waals surface area contributed by atoms with E-state index in [-0.39, 0.29) is 49.1 Å². The van der Waals surface area contributed by atoms with Crippen LogP contribution in [0.5, 0.6) is 5.75 Å². The van der Waals surface area contributed by atoms with E-state index in [1.54, 1.807) is 18.1 Å². The Balaban J connectivity index is 1.30. The van der Waals surface area contributed by atoms with Crippen LogP contribution in [0.1, 0.15) is 48.7 Å². The Morgan fingerprint density at radius 2 is 1.93 bits per heavy atom. The maximum Gasteiger partial charge on any atom is 0.270 e. The molecule has 0 bridgehead atoms. The van der Waals surface area contributed by atoms with E-state index in [1.165, 1.54) is 0 Å². The number of ketones is 1. The summed E-state index contributed by atoms with van der Waals surface area (Å²) in [6.45, 7) is 3.07. The van der Waals surface area contributed by atoms with Crippen molar-refractivity contribution in [2.24, 2.45) is 11.8 Å². The predicted molar refractivity (Wildman–Crippen MR) is 157 cm³/mol. The highest BCUT2D eigenvalue weighted by Gasteiger charge is 2.40. The molecule has 4 atom stereocenters. The van der Waals surface area contributed by atoms with Gasteiger partial charge in [-0.2, -0.15) is 0 Å². The van der Waals surface area contributed by atoms with E-state index in [4.69, 9.17) is 9.47 Å². The van der Waals surface area contributed by atoms with Gasteiger partial charge in [0.2, 0.25) is 11.8 Å². The van der Waals surface area contributed by atoms with Gasteiger partial charge in [-0.3, -0.25) is 19.2 Å². The Labute approximate surface area is 245 Å². The zero-order chi connectivity index (χ0) is 29.6. The molecule has 10 heteroatoms. The molecule has 0 saturated carbocycles. The van der Waals surface area contributed by atoms with Crippen LogP contribution in [-0.4, -0.2) is 72.3 Å². The van der Waals surface area contributed by atoms with E-state index in [1.807, 2.05) is 55.5 Å². The Kier molecular flexibility index (Phi) is 9.22. The summed E-state index contributed by atoms with van der Waals surface area (Å²) in [5.74, 6) is -0.755. The van der Waals surface area contributed by atoms with Crippen LogP contribution in [0, 0.1) is 11.8 Å². The Hall–Kier alpha value is -4.18. The largest absolute Gasteiger partial charge is 0.496 e. The fraction of sp³-hybridized carbons (Fsp3) is 0.438. The van der Waals surface area contributed by atoms with Crippen molar-refractivity contribution in [1.29, 1.82) is 0 Å². The normalized spacial score (nSPS) is 21.1. The minimum absolute atomic E-state index is 0.0936. The summed E-state index contributed by atoms with van der Waals surface area (Å²) in [5.41, 5.74) is 2.06. The Morgan fingerprint density at radius 1 is 1.12 bits per heavy atom. The fourth-order valence-corrected chi connectivity index (χ4v) is 5.92. The van der Waals surface area contributed by atoms with E-state index in [2.05, 4.69) is 15.6 Å². The second-order valence-corrected chi connectivity index (χ2v) is 11.3. The van der Waals surface area contributed by atoms with Gasteiger partial charge in [0.05, 0.1) is 19.8 Å². The molecule has 3 aromatic rings. The highest BCUT2D eigenvalue weighted by atomic mass is 16.5. The third-order valence-corrected chi connectivity index (χ3v) is 8.13. The SMILES string of the molecule is COc1cccc2[nH]c(C(=O)N3C[C@H](C)C[C@H]3C(=O)N[C@@H](C[C@@H]3CCCNC3=O)C(=O)COCc3ccccc3)cc12. The summed E-state index contributed by atoms with van der Waals surface area (Å²) in [6, 6.07) is 15.1. The number of aromatic amines is 1. The molecule has 2 aliphatic rings. The van der Waals surface area contributed by atoms with Crippen LogP contribution in [0.2, 0.25) is 0 Å². The summed E-state index contributed by atoms with van der Waals surface area (Å²) in [4.78, 5) is 58.0. The molecule has 10 nitrogen and oxygen atoms in total. The summed E-state index contributed by atoms with van der Waals surface area (Å²) >= 11 is 0. The number of aromatic nitrogens is 1. The van der Waals surface area contributed by atoms with E-state index in [0.29, 0.717) is 37.4 Å². The molecule has 2 aliphatic heterocycles. The number of rotatable bonds is 11. The number of nitrogens with one attached hydrogen (secondary N) is 3. The number of Topliss-reactive ketones (excluding diaryl/α,β-unsaturated/α-hetero) is 1. The number of nitrogens with zero attached hydrogens (tertiary/aromatic N) is 1. The highest BCUT2D eigenvalue weighted by molar-refractivity contribution is 6.02. The minimum atomic E-state index is -0.910. The van der Waals surface area contributed by atoms with Crippen molar-refractivity contribution in [3.8, 4) is 5.75 Å². The molecular formula is C32H38N4O6. The lowest BCUT2D eigenvalue weighted by molar-refractivity contribution is -0.134. The molecule has 2 saturated heterocycles. The monoisotopic (exact) mass is 574 g/mol. The Morgan fingerprint density at radius 3 is 2.69 bits per heavy atom. The van der Waals surface area contributed by atoms with Crippen molar-refractivity contribution in [2.75, 3.05) is 26.8 Å². The second-order valence-electron chi connectivity index (χ2n) is 11.3. The standard InChI is InChI=1S/C32H38N4O6/c1-20-14-27(36(17-20)32(40)26-16-23-24(34-26)11-6-12-29(23)41-2)31(39)35-25(15-22-10-7-13-33-30(22)38)28(37)19-42-18-21-8-4-3-5-9-21/h3-6,8-9,11-12,16,20,22,25,27,34H,7,10,13-15,17-19H2,1-2H3,(H,33,38)(H,35,39)/t20-,22+,25+,27+/m1/s1. The van der Waals surface area contributed by atoms with Crippen LogP contribution in [0.25, 0.3) is 10.9 Å². The lowest BCUT2D eigenvalue weighted by Crippen LogP contribution is -2.53. The van der Waals surface area contributed by atoms with Crippen LogP contribution >= 0.6 is 0 Å².